The number of nitrogens with two attached hydrogens (primary N) is 1. The summed E-state index contributed by atoms with van der Waals surface area (Å²) in [6.07, 6.45) is 1.49. The molecule has 20 heavy (non-hydrogen) atoms. The maximum Gasteiger partial charge on any atom is 0.238 e. The molecule has 2 rings (SSSR count). The van der Waals surface area contributed by atoms with Crippen LogP contribution in [0.15, 0.2) is 41.4 Å². The Morgan fingerprint density at radius 3 is 2.40 bits per heavy atom. The number of nitrogens with one attached hydrogen (secondary N) is 1. The molecule has 1 aromatic carbocycles. The van der Waals surface area contributed by atoms with Crippen molar-refractivity contribution in [2.24, 2.45) is 5.14 Å². The van der Waals surface area contributed by atoms with Gasteiger partial charge in [-0.25, -0.2) is 18.5 Å². The molecule has 3 N–H and O–H groups in total. The molecule has 0 amide bonds. The first-order valence-corrected chi connectivity index (χ1v) is 7.83. The molecular formula is C12H11Cl2N3O2S. The van der Waals surface area contributed by atoms with Crippen LogP contribution in [0.2, 0.25) is 10.0 Å². The average molecular weight is 332 g/mol. The zero-order valence-electron chi connectivity index (χ0n) is 10.2. The van der Waals surface area contributed by atoms with Crippen molar-refractivity contribution in [1.29, 1.82) is 0 Å². The zero-order valence-corrected chi connectivity index (χ0v) is 12.5. The number of hydrogen-bond acceptors (Lipinski definition) is 4. The molecule has 0 bridgehead atoms. The lowest BCUT2D eigenvalue weighted by atomic mass is 10.2. The largest absolute Gasteiger partial charge is 0.365 e. The Balaban J connectivity index is 2.08. The Hall–Kier alpha value is -1.34. The highest BCUT2D eigenvalue weighted by Gasteiger charge is 2.07. The molecule has 0 aliphatic heterocycles. The molecule has 0 atom stereocenters. The van der Waals surface area contributed by atoms with E-state index in [2.05, 4.69) is 10.3 Å². The molecule has 0 radical (unpaired) electrons. The highest BCUT2D eigenvalue weighted by molar-refractivity contribution is 7.89. The fraction of sp³-hybridized carbons (Fsp3) is 0.0833. The number of pyridine rings is 1. The van der Waals surface area contributed by atoms with Crippen molar-refractivity contribution in [1.82, 2.24) is 4.98 Å². The molecule has 0 fully saturated rings. The number of rotatable bonds is 4. The minimum atomic E-state index is -3.67. The predicted molar refractivity (Wildman–Crippen MR) is 79.4 cm³/mol. The minimum Gasteiger partial charge on any atom is -0.365 e. The Morgan fingerprint density at radius 1 is 1.20 bits per heavy atom. The van der Waals surface area contributed by atoms with E-state index in [9.17, 15) is 8.42 Å². The van der Waals surface area contributed by atoms with Crippen molar-refractivity contribution in [3.8, 4) is 0 Å². The van der Waals surface area contributed by atoms with Crippen molar-refractivity contribution < 1.29 is 8.42 Å². The quantitative estimate of drug-likeness (QED) is 0.901. The van der Waals surface area contributed by atoms with E-state index in [0.29, 0.717) is 22.4 Å². The molecule has 0 aliphatic carbocycles. The van der Waals surface area contributed by atoms with Crippen LogP contribution in [0, 0.1) is 0 Å². The Labute approximate surface area is 126 Å². The van der Waals surface area contributed by atoms with Gasteiger partial charge in [-0.1, -0.05) is 35.3 Å². The van der Waals surface area contributed by atoms with Crippen LogP contribution in [0.4, 0.5) is 5.82 Å². The lowest BCUT2D eigenvalue weighted by molar-refractivity contribution is 0.598. The molecule has 1 aromatic heterocycles. The SMILES string of the molecule is NS(=O)(=O)c1ccc(CNc2ncc(Cl)cc2Cl)cc1. The van der Waals surface area contributed by atoms with Gasteiger partial charge in [-0.2, -0.15) is 0 Å². The topological polar surface area (TPSA) is 85.1 Å². The second-order valence-electron chi connectivity index (χ2n) is 4.03. The third-order valence-corrected chi connectivity index (χ3v) is 3.94. The van der Waals surface area contributed by atoms with Crippen molar-refractivity contribution in [2.75, 3.05) is 5.32 Å². The molecule has 8 heteroatoms. The van der Waals surface area contributed by atoms with Gasteiger partial charge in [-0.15, -0.1) is 0 Å². The van der Waals surface area contributed by atoms with E-state index in [0.717, 1.165) is 5.56 Å². The summed E-state index contributed by atoms with van der Waals surface area (Å²) in [6.45, 7) is 0.444. The number of nitrogens with zero attached hydrogens (tertiary/aromatic N) is 1. The van der Waals surface area contributed by atoms with E-state index in [1.54, 1.807) is 18.2 Å². The highest BCUT2D eigenvalue weighted by atomic mass is 35.5. The maximum absolute atomic E-state index is 11.1. The van der Waals surface area contributed by atoms with Crippen LogP contribution < -0.4 is 10.5 Å². The summed E-state index contributed by atoms with van der Waals surface area (Å²) >= 11 is 11.7. The zero-order chi connectivity index (χ0) is 14.8. The first-order chi connectivity index (χ1) is 9.36. The van der Waals surface area contributed by atoms with E-state index in [-0.39, 0.29) is 4.90 Å². The van der Waals surface area contributed by atoms with Gasteiger partial charge in [0.05, 0.1) is 14.9 Å². The number of benzene rings is 1. The number of sulfonamides is 1. The number of primary sulfonamides is 1. The van der Waals surface area contributed by atoms with E-state index < -0.39 is 10.0 Å². The van der Waals surface area contributed by atoms with Gasteiger partial charge in [0.1, 0.15) is 5.82 Å². The van der Waals surface area contributed by atoms with Gasteiger partial charge in [0.2, 0.25) is 10.0 Å². The molecule has 1 heterocycles. The standard InChI is InChI=1S/C12H11Cl2N3O2S/c13-9-5-11(14)12(17-7-9)16-6-8-1-3-10(4-2-8)20(15,18)19/h1-5,7H,6H2,(H,16,17)(H2,15,18,19). The summed E-state index contributed by atoms with van der Waals surface area (Å²) in [5.41, 5.74) is 0.866. The van der Waals surface area contributed by atoms with Crippen LogP contribution in [0.1, 0.15) is 5.56 Å². The van der Waals surface area contributed by atoms with E-state index in [1.165, 1.54) is 18.3 Å². The monoisotopic (exact) mass is 331 g/mol. The van der Waals surface area contributed by atoms with Crippen molar-refractivity contribution in [3.63, 3.8) is 0 Å². The molecule has 2 aromatic rings. The van der Waals surface area contributed by atoms with E-state index in [4.69, 9.17) is 28.3 Å². The Bertz CT molecular complexity index is 718. The fourth-order valence-electron chi connectivity index (χ4n) is 1.53. The third-order valence-electron chi connectivity index (χ3n) is 2.52. The highest BCUT2D eigenvalue weighted by Crippen LogP contribution is 2.23. The van der Waals surface area contributed by atoms with Crippen molar-refractivity contribution in [2.45, 2.75) is 11.4 Å². The maximum atomic E-state index is 11.1. The fourth-order valence-corrected chi connectivity index (χ4v) is 2.49. The van der Waals surface area contributed by atoms with Crippen LogP contribution in [-0.4, -0.2) is 13.4 Å². The summed E-state index contributed by atoms with van der Waals surface area (Å²) < 4.78 is 22.2. The van der Waals surface area contributed by atoms with Gasteiger partial charge in [0.15, 0.2) is 0 Å². The average Bonchev–Trinajstić information content (AvgIpc) is 2.37. The molecule has 0 unspecified atom stereocenters. The summed E-state index contributed by atoms with van der Waals surface area (Å²) in [7, 11) is -3.67. The number of halogens is 2. The van der Waals surface area contributed by atoms with Gasteiger partial charge in [-0.05, 0) is 23.8 Å². The second kappa shape index (κ2) is 5.97. The first-order valence-electron chi connectivity index (χ1n) is 5.53. The number of hydrogen-bond donors (Lipinski definition) is 2. The smallest absolute Gasteiger partial charge is 0.238 e. The van der Waals surface area contributed by atoms with Gasteiger partial charge in [-0.3, -0.25) is 0 Å². The normalized spacial score (nSPS) is 11.3. The summed E-state index contributed by atoms with van der Waals surface area (Å²) in [5, 5.41) is 8.93. The minimum absolute atomic E-state index is 0.0731. The van der Waals surface area contributed by atoms with Gasteiger partial charge in [0.25, 0.3) is 0 Å². The molecule has 5 nitrogen and oxygen atoms in total. The van der Waals surface area contributed by atoms with Crippen LogP contribution >= 0.6 is 23.2 Å². The number of anilines is 1. The van der Waals surface area contributed by atoms with Crippen molar-refractivity contribution >= 4 is 39.0 Å². The van der Waals surface area contributed by atoms with Crippen LogP contribution in [0.25, 0.3) is 0 Å². The number of aromatic nitrogens is 1. The van der Waals surface area contributed by atoms with Gasteiger partial charge in [0, 0.05) is 12.7 Å². The van der Waals surface area contributed by atoms with Crippen LogP contribution in [0.5, 0.6) is 0 Å². The Morgan fingerprint density at radius 2 is 1.85 bits per heavy atom. The van der Waals surface area contributed by atoms with Gasteiger partial charge >= 0.3 is 0 Å². The van der Waals surface area contributed by atoms with E-state index >= 15 is 0 Å². The van der Waals surface area contributed by atoms with Crippen LogP contribution in [-0.2, 0) is 16.6 Å². The molecule has 0 saturated carbocycles. The summed E-state index contributed by atoms with van der Waals surface area (Å²) in [4.78, 5) is 4.13. The molecule has 0 aliphatic rings. The van der Waals surface area contributed by atoms with Crippen molar-refractivity contribution in [3.05, 3.63) is 52.1 Å². The lowest BCUT2D eigenvalue weighted by Gasteiger charge is -2.08. The second-order valence-corrected chi connectivity index (χ2v) is 6.43. The van der Waals surface area contributed by atoms with Gasteiger partial charge < -0.3 is 5.32 Å². The molecule has 0 spiro atoms. The lowest BCUT2D eigenvalue weighted by Crippen LogP contribution is -2.12. The summed E-state index contributed by atoms with van der Waals surface area (Å²) in [6, 6.07) is 7.81. The molecular weight excluding hydrogens is 321 g/mol. The molecule has 106 valence electrons. The third kappa shape index (κ3) is 3.83. The Kier molecular flexibility index (Phi) is 4.49. The predicted octanol–water partition coefficient (Wildman–Crippen LogP) is 2.65. The van der Waals surface area contributed by atoms with E-state index in [1.807, 2.05) is 0 Å². The summed E-state index contributed by atoms with van der Waals surface area (Å²) in [5.74, 6) is 0.506. The first kappa shape index (κ1) is 15.1. The van der Waals surface area contributed by atoms with Crippen LogP contribution in [0.3, 0.4) is 0 Å². The molecule has 0 saturated heterocycles.